The van der Waals surface area contributed by atoms with Crippen LogP contribution in [0.25, 0.3) is 0 Å². The molecule has 0 aromatic heterocycles. The molecule has 3 heteroatoms. The van der Waals surface area contributed by atoms with Gasteiger partial charge in [0.1, 0.15) is 6.10 Å². The summed E-state index contributed by atoms with van der Waals surface area (Å²) in [6.07, 6.45) is 0.957. The minimum absolute atomic E-state index is 0.0300. The predicted molar refractivity (Wildman–Crippen MR) is 69.4 cm³/mol. The Morgan fingerprint density at radius 1 is 1.28 bits per heavy atom. The van der Waals surface area contributed by atoms with E-state index in [0.29, 0.717) is 5.56 Å². The average molecular weight is 248 g/mol. The van der Waals surface area contributed by atoms with E-state index < -0.39 is 0 Å². The van der Waals surface area contributed by atoms with Crippen molar-refractivity contribution in [3.63, 3.8) is 0 Å². The Morgan fingerprint density at radius 2 is 1.94 bits per heavy atom. The molecule has 0 spiro atoms. The molecule has 98 valence electrons. The van der Waals surface area contributed by atoms with E-state index in [9.17, 15) is 4.79 Å². The van der Waals surface area contributed by atoms with E-state index in [2.05, 4.69) is 13.8 Å². The molecule has 1 aliphatic rings. The van der Waals surface area contributed by atoms with E-state index in [-0.39, 0.29) is 30.2 Å². The van der Waals surface area contributed by atoms with Crippen LogP contribution < -0.4 is 0 Å². The number of benzene rings is 1. The van der Waals surface area contributed by atoms with Crippen LogP contribution in [-0.2, 0) is 9.47 Å². The van der Waals surface area contributed by atoms with Crippen molar-refractivity contribution >= 4 is 5.97 Å². The molecule has 0 N–H and O–H groups in total. The largest absolute Gasteiger partial charge is 0.456 e. The summed E-state index contributed by atoms with van der Waals surface area (Å²) in [5.74, 6) is -0.0164. The molecule has 0 aliphatic carbocycles. The van der Waals surface area contributed by atoms with Gasteiger partial charge in [0, 0.05) is 5.92 Å². The van der Waals surface area contributed by atoms with Gasteiger partial charge in [0.05, 0.1) is 17.8 Å². The lowest BCUT2D eigenvalue weighted by Crippen LogP contribution is -2.30. The first kappa shape index (κ1) is 13.1. The maximum absolute atomic E-state index is 12.0. The monoisotopic (exact) mass is 248 g/mol. The second-order valence-electron chi connectivity index (χ2n) is 4.88. The molecule has 3 nitrogen and oxygen atoms in total. The fourth-order valence-corrected chi connectivity index (χ4v) is 2.55. The average Bonchev–Trinajstić information content (AvgIpc) is 2.67. The third-order valence-electron chi connectivity index (χ3n) is 3.61. The maximum atomic E-state index is 12.0. The van der Waals surface area contributed by atoms with Gasteiger partial charge in [-0.3, -0.25) is 0 Å². The molecule has 0 radical (unpaired) electrons. The number of rotatable bonds is 3. The molecular weight excluding hydrogens is 228 g/mol. The molecule has 18 heavy (non-hydrogen) atoms. The second kappa shape index (κ2) is 5.53. The summed E-state index contributed by atoms with van der Waals surface area (Å²) in [5.41, 5.74) is 0.594. The molecule has 2 rings (SSSR count). The van der Waals surface area contributed by atoms with Crippen LogP contribution in [0, 0.1) is 5.92 Å². The topological polar surface area (TPSA) is 35.5 Å². The van der Waals surface area contributed by atoms with Crippen molar-refractivity contribution in [1.29, 1.82) is 0 Å². The van der Waals surface area contributed by atoms with Gasteiger partial charge in [0.2, 0.25) is 0 Å². The van der Waals surface area contributed by atoms with Gasteiger partial charge in [-0.1, -0.05) is 32.0 Å². The van der Waals surface area contributed by atoms with Crippen LogP contribution in [0.15, 0.2) is 30.3 Å². The Morgan fingerprint density at radius 3 is 2.50 bits per heavy atom. The molecule has 0 unspecified atom stereocenters. The Bertz CT molecular complexity index is 401. The molecule has 1 aliphatic heterocycles. The molecule has 1 fully saturated rings. The summed E-state index contributed by atoms with van der Waals surface area (Å²) in [7, 11) is 0. The van der Waals surface area contributed by atoms with Crippen LogP contribution in [-0.4, -0.2) is 24.3 Å². The Labute approximate surface area is 108 Å². The Balaban J connectivity index is 2.04. The van der Waals surface area contributed by atoms with Crippen molar-refractivity contribution in [2.75, 3.05) is 0 Å². The lowest BCUT2D eigenvalue weighted by Gasteiger charge is -2.19. The van der Waals surface area contributed by atoms with Crippen molar-refractivity contribution in [3.8, 4) is 0 Å². The van der Waals surface area contributed by atoms with Crippen molar-refractivity contribution in [2.24, 2.45) is 5.92 Å². The minimum atomic E-state index is -0.264. The molecule has 0 amide bonds. The lowest BCUT2D eigenvalue weighted by molar-refractivity contribution is -0.00504. The van der Waals surface area contributed by atoms with Crippen molar-refractivity contribution in [1.82, 2.24) is 0 Å². The molecule has 4 atom stereocenters. The van der Waals surface area contributed by atoms with E-state index in [4.69, 9.17) is 9.47 Å². The van der Waals surface area contributed by atoms with Crippen LogP contribution in [0.2, 0.25) is 0 Å². The first-order chi connectivity index (χ1) is 8.63. The number of esters is 1. The van der Waals surface area contributed by atoms with E-state index in [1.807, 2.05) is 25.1 Å². The van der Waals surface area contributed by atoms with Crippen molar-refractivity contribution < 1.29 is 14.3 Å². The summed E-state index contributed by atoms with van der Waals surface area (Å²) in [6, 6.07) is 9.09. The van der Waals surface area contributed by atoms with Gasteiger partial charge in [-0.15, -0.1) is 0 Å². The van der Waals surface area contributed by atoms with E-state index in [1.165, 1.54) is 0 Å². The van der Waals surface area contributed by atoms with Gasteiger partial charge in [0.25, 0.3) is 0 Å². The molecule has 1 aromatic carbocycles. The second-order valence-corrected chi connectivity index (χ2v) is 4.88. The van der Waals surface area contributed by atoms with E-state index in [0.717, 1.165) is 6.42 Å². The zero-order valence-corrected chi connectivity index (χ0v) is 11.1. The molecular formula is C15H20O3. The van der Waals surface area contributed by atoms with Gasteiger partial charge >= 0.3 is 5.97 Å². The van der Waals surface area contributed by atoms with E-state index >= 15 is 0 Å². The number of hydrogen-bond acceptors (Lipinski definition) is 3. The van der Waals surface area contributed by atoms with Gasteiger partial charge in [-0.2, -0.15) is 0 Å². The summed E-state index contributed by atoms with van der Waals surface area (Å²) >= 11 is 0. The lowest BCUT2D eigenvalue weighted by atomic mass is 9.97. The summed E-state index contributed by atoms with van der Waals surface area (Å²) in [4.78, 5) is 12.0. The first-order valence-electron chi connectivity index (χ1n) is 6.55. The zero-order chi connectivity index (χ0) is 13.1. The minimum Gasteiger partial charge on any atom is -0.456 e. The molecule has 1 heterocycles. The number of carbonyl (C=O) groups excluding carboxylic acids is 1. The predicted octanol–water partition coefficient (Wildman–Crippen LogP) is 3.05. The van der Waals surface area contributed by atoms with Gasteiger partial charge < -0.3 is 9.47 Å². The van der Waals surface area contributed by atoms with Gasteiger partial charge in [-0.25, -0.2) is 4.79 Å². The molecule has 0 bridgehead atoms. The van der Waals surface area contributed by atoms with Gasteiger partial charge in [-0.05, 0) is 25.5 Å². The van der Waals surface area contributed by atoms with Crippen LogP contribution in [0.4, 0.5) is 0 Å². The number of carbonyl (C=O) groups is 1. The first-order valence-corrected chi connectivity index (χ1v) is 6.55. The third-order valence-corrected chi connectivity index (χ3v) is 3.61. The SMILES string of the molecule is CC[C@@H]1O[C@H](C)[C@@H](OC(=O)c2ccccc2)[C@H]1C. The molecule has 0 saturated carbocycles. The third kappa shape index (κ3) is 2.56. The Kier molecular flexibility index (Phi) is 4.02. The van der Waals surface area contributed by atoms with Crippen molar-refractivity contribution in [3.05, 3.63) is 35.9 Å². The van der Waals surface area contributed by atoms with Crippen LogP contribution >= 0.6 is 0 Å². The van der Waals surface area contributed by atoms with Crippen molar-refractivity contribution in [2.45, 2.75) is 45.5 Å². The highest BCUT2D eigenvalue weighted by Gasteiger charge is 2.41. The Hall–Kier alpha value is -1.35. The fourth-order valence-electron chi connectivity index (χ4n) is 2.55. The number of hydrogen-bond donors (Lipinski definition) is 0. The zero-order valence-electron chi connectivity index (χ0n) is 11.1. The number of ether oxygens (including phenoxy) is 2. The fraction of sp³-hybridized carbons (Fsp3) is 0.533. The molecule has 1 saturated heterocycles. The van der Waals surface area contributed by atoms with Crippen LogP contribution in [0.3, 0.4) is 0 Å². The highest BCUT2D eigenvalue weighted by Crippen LogP contribution is 2.31. The summed E-state index contributed by atoms with van der Waals surface area (Å²) in [5, 5.41) is 0. The summed E-state index contributed by atoms with van der Waals surface area (Å²) in [6.45, 7) is 6.14. The van der Waals surface area contributed by atoms with E-state index in [1.54, 1.807) is 12.1 Å². The van der Waals surface area contributed by atoms with Crippen LogP contribution in [0.5, 0.6) is 0 Å². The quantitative estimate of drug-likeness (QED) is 0.771. The highest BCUT2D eigenvalue weighted by atomic mass is 16.6. The summed E-state index contributed by atoms with van der Waals surface area (Å²) < 4.78 is 11.4. The maximum Gasteiger partial charge on any atom is 0.338 e. The standard InChI is InChI=1S/C15H20O3/c1-4-13-10(2)14(11(3)17-13)18-15(16)12-8-6-5-7-9-12/h5-11,13-14H,4H2,1-3H3/t10-,11+,13-,14-/m0/s1. The van der Waals surface area contributed by atoms with Gasteiger partial charge in [0.15, 0.2) is 0 Å². The smallest absolute Gasteiger partial charge is 0.338 e. The highest BCUT2D eigenvalue weighted by molar-refractivity contribution is 5.89. The normalized spacial score (nSPS) is 31.3. The molecule has 1 aromatic rings. The van der Waals surface area contributed by atoms with Crippen LogP contribution in [0.1, 0.15) is 37.6 Å².